The first-order valence-corrected chi connectivity index (χ1v) is 12.2. The molecule has 2 aromatic heterocycles. The van der Waals surface area contributed by atoms with Gasteiger partial charge in [0.05, 0.1) is 12.9 Å². The number of rotatable bonds is 8. The van der Waals surface area contributed by atoms with Crippen LogP contribution in [0.1, 0.15) is 11.8 Å². The van der Waals surface area contributed by atoms with Crippen molar-refractivity contribution in [3.05, 3.63) is 47.5 Å². The van der Waals surface area contributed by atoms with Crippen LogP contribution < -0.4 is 5.73 Å². The van der Waals surface area contributed by atoms with E-state index >= 15 is 0 Å². The molecule has 0 bridgehead atoms. The van der Waals surface area contributed by atoms with E-state index < -0.39 is 50.6 Å². The van der Waals surface area contributed by atoms with Crippen LogP contribution in [0.3, 0.4) is 0 Å². The van der Waals surface area contributed by atoms with Gasteiger partial charge >= 0.3 is 13.6 Å². The molecular formula is C19H21ClN5O9P. The minimum atomic E-state index is -5.11. The van der Waals surface area contributed by atoms with Crippen LogP contribution in [0.4, 0.5) is 5.82 Å². The van der Waals surface area contributed by atoms with Crippen molar-refractivity contribution in [2.75, 3.05) is 12.3 Å². The molecule has 0 radical (unpaired) electrons. The molecule has 0 unspecified atom stereocenters. The third-order valence-corrected chi connectivity index (χ3v) is 6.32. The highest BCUT2D eigenvalue weighted by atomic mass is 35.5. The summed E-state index contributed by atoms with van der Waals surface area (Å²) >= 11 is 5.84. The molecule has 0 spiro atoms. The van der Waals surface area contributed by atoms with Gasteiger partial charge in [0.15, 0.2) is 17.7 Å². The van der Waals surface area contributed by atoms with E-state index in [4.69, 9.17) is 31.5 Å². The lowest BCUT2D eigenvalue weighted by molar-refractivity contribution is -0.157. The average Bonchev–Trinajstić information content (AvgIpc) is 3.34. The zero-order valence-corrected chi connectivity index (χ0v) is 19.4. The first-order valence-electron chi connectivity index (χ1n) is 10.1. The van der Waals surface area contributed by atoms with Gasteiger partial charge in [-0.25, -0.2) is 9.78 Å². The van der Waals surface area contributed by atoms with Gasteiger partial charge in [-0.3, -0.25) is 9.13 Å². The standard InChI is InChI=1S/C19H21ClN5O9P/c20-19-23-14(21)11-15(24-19)25(8-22-11)16-13(27)12(26)10(34-16)7-33-18(35(29,30)31)17(28)32-6-9-4-2-1-3-5-9/h1-5,8,10,12-13,16,18,26-27H,6-7H2,(H2,21,23,24)(H2,29,30,31)/t10-,12+,13-,16-,18+/m1/s1. The van der Waals surface area contributed by atoms with Gasteiger partial charge < -0.3 is 39.9 Å². The number of nitrogens with two attached hydrogens (primary N) is 1. The molecule has 1 aromatic carbocycles. The van der Waals surface area contributed by atoms with Gasteiger partial charge in [-0.2, -0.15) is 9.97 Å². The van der Waals surface area contributed by atoms with E-state index in [-0.39, 0.29) is 28.9 Å². The Balaban J connectivity index is 1.45. The van der Waals surface area contributed by atoms with Crippen LogP contribution in [0.15, 0.2) is 36.7 Å². The van der Waals surface area contributed by atoms with Crippen LogP contribution >= 0.6 is 19.2 Å². The van der Waals surface area contributed by atoms with Crippen molar-refractivity contribution in [2.24, 2.45) is 0 Å². The summed E-state index contributed by atoms with van der Waals surface area (Å²) in [5.41, 5.74) is 6.67. The van der Waals surface area contributed by atoms with Crippen molar-refractivity contribution < 1.29 is 43.6 Å². The fourth-order valence-electron chi connectivity index (χ4n) is 3.48. The van der Waals surface area contributed by atoms with Gasteiger partial charge in [0.2, 0.25) is 5.28 Å². The Labute approximate surface area is 202 Å². The number of imidazole rings is 1. The summed E-state index contributed by atoms with van der Waals surface area (Å²) in [7, 11) is -5.11. The van der Waals surface area contributed by atoms with Crippen LogP contribution in [0.25, 0.3) is 11.2 Å². The summed E-state index contributed by atoms with van der Waals surface area (Å²) in [6.07, 6.45) is -4.33. The molecule has 1 saturated heterocycles. The Morgan fingerprint density at radius 2 is 1.94 bits per heavy atom. The Bertz CT molecular complexity index is 1260. The monoisotopic (exact) mass is 529 g/mol. The topological polar surface area (TPSA) is 212 Å². The van der Waals surface area contributed by atoms with E-state index in [1.807, 2.05) is 0 Å². The number of halogens is 1. The number of carbonyl (C=O) groups excluding carboxylic acids is 1. The highest BCUT2D eigenvalue weighted by molar-refractivity contribution is 7.53. The second-order valence-corrected chi connectivity index (χ2v) is 9.60. The van der Waals surface area contributed by atoms with Crippen LogP contribution in [-0.4, -0.2) is 76.3 Å². The zero-order valence-electron chi connectivity index (χ0n) is 17.8. The van der Waals surface area contributed by atoms with Gasteiger partial charge in [-0.05, 0) is 17.2 Å². The summed E-state index contributed by atoms with van der Waals surface area (Å²) in [6.45, 7) is -0.889. The number of aliphatic hydroxyl groups excluding tert-OH is 2. The number of hydrogen-bond donors (Lipinski definition) is 5. The van der Waals surface area contributed by atoms with Gasteiger partial charge in [-0.15, -0.1) is 0 Å². The van der Waals surface area contributed by atoms with Crippen molar-refractivity contribution in [3.63, 3.8) is 0 Å². The zero-order chi connectivity index (χ0) is 25.3. The minimum Gasteiger partial charge on any atom is -0.458 e. The smallest absolute Gasteiger partial charge is 0.365 e. The van der Waals surface area contributed by atoms with Crippen molar-refractivity contribution in [1.82, 2.24) is 19.5 Å². The molecule has 14 nitrogen and oxygen atoms in total. The predicted octanol–water partition coefficient (Wildman–Crippen LogP) is -0.0551. The lowest BCUT2D eigenvalue weighted by atomic mass is 10.1. The number of fused-ring (bicyclic) bond motifs is 1. The van der Waals surface area contributed by atoms with Crippen LogP contribution in [0.2, 0.25) is 5.28 Å². The lowest BCUT2D eigenvalue weighted by Gasteiger charge is -2.21. The Morgan fingerprint density at radius 1 is 1.23 bits per heavy atom. The second-order valence-electron chi connectivity index (χ2n) is 7.62. The summed E-state index contributed by atoms with van der Waals surface area (Å²) in [5.74, 6) is -3.57. The molecule has 3 aromatic rings. The molecule has 1 fully saturated rings. The Kier molecular flexibility index (Phi) is 7.35. The lowest BCUT2D eigenvalue weighted by Crippen LogP contribution is -2.36. The third kappa shape index (κ3) is 5.44. The highest BCUT2D eigenvalue weighted by Gasteiger charge is 2.46. The van der Waals surface area contributed by atoms with Crippen molar-refractivity contribution in [1.29, 1.82) is 0 Å². The summed E-state index contributed by atoms with van der Waals surface area (Å²) < 4.78 is 28.9. The Morgan fingerprint density at radius 3 is 2.63 bits per heavy atom. The van der Waals surface area contributed by atoms with E-state index in [0.717, 1.165) is 0 Å². The van der Waals surface area contributed by atoms with Crippen LogP contribution in [0.5, 0.6) is 0 Å². The molecule has 3 heterocycles. The first kappa shape index (κ1) is 25.4. The fraction of sp³-hybridized carbons (Fsp3) is 0.368. The number of anilines is 1. The number of aliphatic hydroxyl groups is 2. The van der Waals surface area contributed by atoms with Crippen LogP contribution in [-0.2, 0) is 30.2 Å². The van der Waals surface area contributed by atoms with Gasteiger partial charge in [0.1, 0.15) is 30.4 Å². The van der Waals surface area contributed by atoms with Crippen molar-refractivity contribution >= 4 is 42.1 Å². The van der Waals surface area contributed by atoms with E-state index in [2.05, 4.69) is 15.0 Å². The summed E-state index contributed by atoms with van der Waals surface area (Å²) in [6, 6.07) is 8.49. The molecule has 5 atom stereocenters. The molecule has 1 aliphatic rings. The quantitative estimate of drug-likeness (QED) is 0.147. The van der Waals surface area contributed by atoms with Gasteiger partial charge in [0, 0.05) is 0 Å². The molecule has 0 saturated carbocycles. The van der Waals surface area contributed by atoms with Crippen molar-refractivity contribution in [3.8, 4) is 0 Å². The molecule has 188 valence electrons. The highest BCUT2D eigenvalue weighted by Crippen LogP contribution is 2.43. The molecular weight excluding hydrogens is 509 g/mol. The largest absolute Gasteiger partial charge is 0.458 e. The number of ether oxygens (including phenoxy) is 3. The van der Waals surface area contributed by atoms with Gasteiger partial charge in [0.25, 0.3) is 5.85 Å². The molecule has 16 heteroatoms. The van der Waals surface area contributed by atoms with E-state index in [9.17, 15) is 29.4 Å². The maximum absolute atomic E-state index is 12.3. The average molecular weight is 530 g/mol. The number of esters is 1. The molecule has 6 N–H and O–H groups in total. The summed E-state index contributed by atoms with van der Waals surface area (Å²) in [5, 5.41) is 20.8. The normalized spacial score (nSPS) is 23.5. The molecule has 0 aliphatic carbocycles. The second kappa shape index (κ2) is 10.1. The number of hydrogen-bond acceptors (Lipinski definition) is 11. The minimum absolute atomic E-state index is 0.00910. The number of benzene rings is 1. The maximum Gasteiger partial charge on any atom is 0.365 e. The van der Waals surface area contributed by atoms with Gasteiger partial charge in [-0.1, -0.05) is 30.3 Å². The summed E-state index contributed by atoms with van der Waals surface area (Å²) in [4.78, 5) is 43.4. The van der Waals surface area contributed by atoms with Crippen molar-refractivity contribution in [2.45, 2.75) is 37.0 Å². The maximum atomic E-state index is 12.3. The van der Waals surface area contributed by atoms with E-state index in [1.54, 1.807) is 30.3 Å². The predicted molar refractivity (Wildman–Crippen MR) is 119 cm³/mol. The number of nitrogens with zero attached hydrogens (tertiary/aromatic N) is 4. The third-order valence-electron chi connectivity index (χ3n) is 5.18. The van der Waals surface area contributed by atoms with E-state index in [0.29, 0.717) is 5.56 Å². The number of nitrogen functional groups attached to an aromatic ring is 1. The number of aromatic nitrogens is 4. The fourth-order valence-corrected chi connectivity index (χ4v) is 4.28. The molecule has 1 aliphatic heterocycles. The van der Waals surface area contributed by atoms with Crippen LogP contribution in [0, 0.1) is 0 Å². The molecule has 0 amide bonds. The number of carbonyl (C=O) groups is 1. The molecule has 4 rings (SSSR count). The first-order chi connectivity index (χ1) is 16.6. The van der Waals surface area contributed by atoms with E-state index in [1.165, 1.54) is 10.9 Å². The SMILES string of the molecule is Nc1nc(Cl)nc2c1ncn2[C@@H]1O[C@H](CO[C@H](C(=O)OCc2ccccc2)P(=O)(O)O)[C@H](O)[C@H]1O. The Hall–Kier alpha value is -2.68. The molecule has 35 heavy (non-hydrogen) atoms.